The van der Waals surface area contributed by atoms with Crippen molar-refractivity contribution >= 4 is 30.3 Å². The van der Waals surface area contributed by atoms with Gasteiger partial charge in [0.1, 0.15) is 0 Å². The molecule has 21 heavy (non-hydrogen) atoms. The molecule has 1 rings (SSSR count). The number of urea groups is 1. The summed E-state index contributed by atoms with van der Waals surface area (Å²) in [5.41, 5.74) is 5.34. The lowest BCUT2D eigenvalue weighted by atomic mass is 9.97. The Kier molecular flexibility index (Phi) is 9.68. The third-order valence-corrected chi connectivity index (χ3v) is 3.17. The van der Waals surface area contributed by atoms with E-state index in [0.29, 0.717) is 19.6 Å². The summed E-state index contributed by atoms with van der Waals surface area (Å²) in [7, 11) is 1.45. The van der Waals surface area contributed by atoms with Crippen molar-refractivity contribution in [1.29, 1.82) is 0 Å². The van der Waals surface area contributed by atoms with Gasteiger partial charge in [0.2, 0.25) is 11.8 Å². The van der Waals surface area contributed by atoms with E-state index in [0.717, 1.165) is 19.4 Å². The van der Waals surface area contributed by atoms with Gasteiger partial charge in [-0.15, -0.1) is 12.4 Å². The largest absolute Gasteiger partial charge is 0.355 e. The number of halogens is 1. The standard InChI is InChI=1S/C12H23N5O3.ClH/c1-14-12(20)16-10(18)8-17-6-2-3-9(7-17)11(19)15-5-4-13;/h9H,2-8,13H2,1H3,(H,15,19)(H2,14,16,18,20);1H. The molecular weight excluding hydrogens is 298 g/mol. The molecule has 5 N–H and O–H groups in total. The summed E-state index contributed by atoms with van der Waals surface area (Å²) in [6.07, 6.45) is 1.66. The van der Waals surface area contributed by atoms with Crippen LogP contribution in [-0.2, 0) is 9.59 Å². The van der Waals surface area contributed by atoms with Gasteiger partial charge in [-0.05, 0) is 19.4 Å². The van der Waals surface area contributed by atoms with E-state index >= 15 is 0 Å². The normalized spacial score (nSPS) is 18.3. The van der Waals surface area contributed by atoms with Crippen molar-refractivity contribution in [1.82, 2.24) is 20.9 Å². The van der Waals surface area contributed by atoms with Crippen LogP contribution < -0.4 is 21.7 Å². The smallest absolute Gasteiger partial charge is 0.321 e. The van der Waals surface area contributed by atoms with Crippen molar-refractivity contribution in [3.05, 3.63) is 0 Å². The van der Waals surface area contributed by atoms with E-state index in [1.807, 2.05) is 4.90 Å². The van der Waals surface area contributed by atoms with E-state index in [1.165, 1.54) is 7.05 Å². The van der Waals surface area contributed by atoms with E-state index in [-0.39, 0.29) is 36.7 Å². The average Bonchev–Trinajstić information content (AvgIpc) is 2.44. The maximum atomic E-state index is 11.9. The molecule has 0 aromatic heterocycles. The lowest BCUT2D eigenvalue weighted by Gasteiger charge is -2.31. The number of hydrogen-bond donors (Lipinski definition) is 4. The second kappa shape index (κ2) is 10.4. The molecule has 9 heteroatoms. The molecule has 0 aromatic rings. The first-order valence-corrected chi connectivity index (χ1v) is 6.78. The molecule has 1 fully saturated rings. The fourth-order valence-corrected chi connectivity index (χ4v) is 2.18. The van der Waals surface area contributed by atoms with Crippen LogP contribution in [0.4, 0.5) is 4.79 Å². The van der Waals surface area contributed by atoms with Gasteiger partial charge in [0.15, 0.2) is 0 Å². The molecule has 0 radical (unpaired) electrons. The summed E-state index contributed by atoms with van der Waals surface area (Å²) < 4.78 is 0. The van der Waals surface area contributed by atoms with Crippen molar-refractivity contribution in [2.24, 2.45) is 11.7 Å². The Labute approximate surface area is 130 Å². The molecule has 1 saturated heterocycles. The monoisotopic (exact) mass is 321 g/mol. The van der Waals surface area contributed by atoms with Gasteiger partial charge >= 0.3 is 6.03 Å². The second-order valence-corrected chi connectivity index (χ2v) is 4.78. The maximum Gasteiger partial charge on any atom is 0.321 e. The molecule has 122 valence electrons. The number of carbonyl (C=O) groups is 3. The van der Waals surface area contributed by atoms with E-state index in [2.05, 4.69) is 16.0 Å². The van der Waals surface area contributed by atoms with Crippen molar-refractivity contribution in [3.8, 4) is 0 Å². The number of piperidine rings is 1. The first kappa shape index (κ1) is 19.6. The number of nitrogens with one attached hydrogen (secondary N) is 3. The molecule has 1 unspecified atom stereocenters. The first-order chi connectivity index (χ1) is 9.56. The zero-order chi connectivity index (χ0) is 15.0. The van der Waals surface area contributed by atoms with Crippen molar-refractivity contribution < 1.29 is 14.4 Å². The quantitative estimate of drug-likeness (QED) is 0.499. The van der Waals surface area contributed by atoms with E-state index in [4.69, 9.17) is 5.73 Å². The highest BCUT2D eigenvalue weighted by Gasteiger charge is 2.26. The van der Waals surface area contributed by atoms with Crippen LogP contribution in [0, 0.1) is 5.92 Å². The predicted octanol–water partition coefficient (Wildman–Crippen LogP) is -1.35. The minimum Gasteiger partial charge on any atom is -0.355 e. The van der Waals surface area contributed by atoms with Gasteiger partial charge in [-0.1, -0.05) is 0 Å². The first-order valence-electron chi connectivity index (χ1n) is 6.78. The van der Waals surface area contributed by atoms with E-state index in [1.54, 1.807) is 0 Å². The predicted molar refractivity (Wildman–Crippen MR) is 81.1 cm³/mol. The molecule has 0 saturated carbocycles. The Morgan fingerprint density at radius 3 is 2.67 bits per heavy atom. The van der Waals surface area contributed by atoms with Gasteiger partial charge in [0.25, 0.3) is 0 Å². The van der Waals surface area contributed by atoms with E-state index < -0.39 is 6.03 Å². The fraction of sp³-hybridized carbons (Fsp3) is 0.750. The van der Waals surface area contributed by atoms with Crippen molar-refractivity contribution in [2.75, 3.05) is 39.8 Å². The Morgan fingerprint density at radius 2 is 2.05 bits per heavy atom. The molecule has 1 aliphatic heterocycles. The number of hydrogen-bond acceptors (Lipinski definition) is 5. The number of likely N-dealkylation sites (tertiary alicyclic amines) is 1. The van der Waals surface area contributed by atoms with Gasteiger partial charge in [-0.25, -0.2) is 4.79 Å². The molecule has 1 atom stereocenters. The van der Waals surface area contributed by atoms with Gasteiger partial charge in [-0.2, -0.15) is 0 Å². The molecule has 1 aliphatic rings. The Morgan fingerprint density at radius 1 is 1.33 bits per heavy atom. The van der Waals surface area contributed by atoms with Crippen molar-refractivity contribution in [2.45, 2.75) is 12.8 Å². The number of amides is 4. The molecule has 4 amide bonds. The minimum atomic E-state index is -0.524. The molecule has 0 aliphatic carbocycles. The van der Waals surface area contributed by atoms with Crippen LogP contribution in [0.5, 0.6) is 0 Å². The molecule has 0 bridgehead atoms. The third-order valence-electron chi connectivity index (χ3n) is 3.17. The zero-order valence-corrected chi connectivity index (χ0v) is 13.0. The minimum absolute atomic E-state index is 0. The lowest BCUT2D eigenvalue weighted by Crippen LogP contribution is -2.48. The van der Waals surface area contributed by atoms with Crippen LogP contribution in [0.1, 0.15) is 12.8 Å². The van der Waals surface area contributed by atoms with Crippen LogP contribution in [-0.4, -0.2) is 62.5 Å². The van der Waals surface area contributed by atoms with Crippen LogP contribution in [0.15, 0.2) is 0 Å². The van der Waals surface area contributed by atoms with Crippen LogP contribution in [0.3, 0.4) is 0 Å². The zero-order valence-electron chi connectivity index (χ0n) is 12.2. The summed E-state index contributed by atoms with van der Waals surface area (Å²) in [5.74, 6) is -0.512. The number of rotatable bonds is 5. The maximum absolute atomic E-state index is 11.9. The van der Waals surface area contributed by atoms with Crippen LogP contribution >= 0.6 is 12.4 Å². The Balaban J connectivity index is 0.00000400. The SMILES string of the molecule is CNC(=O)NC(=O)CN1CCCC(C(=O)NCCN)C1.Cl. The van der Waals surface area contributed by atoms with Gasteiger partial charge in [0.05, 0.1) is 12.5 Å². The van der Waals surface area contributed by atoms with Crippen LogP contribution in [0.25, 0.3) is 0 Å². The highest BCUT2D eigenvalue weighted by molar-refractivity contribution is 5.95. The highest BCUT2D eigenvalue weighted by Crippen LogP contribution is 2.16. The van der Waals surface area contributed by atoms with Crippen molar-refractivity contribution in [3.63, 3.8) is 0 Å². The fourth-order valence-electron chi connectivity index (χ4n) is 2.18. The summed E-state index contributed by atoms with van der Waals surface area (Å²) in [5, 5.41) is 7.29. The molecule has 1 heterocycles. The molecule has 0 aromatic carbocycles. The van der Waals surface area contributed by atoms with Gasteiger partial charge < -0.3 is 16.4 Å². The number of nitrogens with zero attached hydrogens (tertiary/aromatic N) is 1. The summed E-state index contributed by atoms with van der Waals surface area (Å²) in [6.45, 7) is 2.27. The number of carbonyl (C=O) groups excluding carboxylic acids is 3. The van der Waals surface area contributed by atoms with Gasteiger partial charge in [0, 0.05) is 26.7 Å². The van der Waals surface area contributed by atoms with Gasteiger partial charge in [-0.3, -0.25) is 19.8 Å². The third kappa shape index (κ3) is 7.26. The molecule has 8 nitrogen and oxygen atoms in total. The number of imide groups is 1. The van der Waals surface area contributed by atoms with E-state index in [9.17, 15) is 14.4 Å². The average molecular weight is 322 g/mol. The Bertz CT molecular complexity index is 367. The summed E-state index contributed by atoms with van der Waals surface area (Å²) in [4.78, 5) is 36.4. The second-order valence-electron chi connectivity index (χ2n) is 4.78. The highest BCUT2D eigenvalue weighted by atomic mass is 35.5. The Hall–Kier alpha value is -1.38. The molecular formula is C12H24ClN5O3. The lowest BCUT2D eigenvalue weighted by molar-refractivity contribution is -0.128. The topological polar surface area (TPSA) is 117 Å². The molecule has 0 spiro atoms. The summed E-state index contributed by atoms with van der Waals surface area (Å²) >= 11 is 0. The number of nitrogens with two attached hydrogens (primary N) is 1. The van der Waals surface area contributed by atoms with Crippen LogP contribution in [0.2, 0.25) is 0 Å². The summed E-state index contributed by atoms with van der Waals surface area (Å²) in [6, 6.07) is -0.524.